The summed E-state index contributed by atoms with van der Waals surface area (Å²) in [4.78, 5) is 23.6. The number of benzene rings is 1. The minimum atomic E-state index is -0.468. The maximum absolute atomic E-state index is 12.4. The molecule has 3 rings (SSSR count). The Kier molecular flexibility index (Phi) is 6.91. The van der Waals surface area contributed by atoms with Gasteiger partial charge < -0.3 is 19.9 Å². The van der Waals surface area contributed by atoms with Crippen molar-refractivity contribution in [1.82, 2.24) is 20.0 Å². The van der Waals surface area contributed by atoms with Gasteiger partial charge in [-0.2, -0.15) is 0 Å². The third-order valence-electron chi connectivity index (χ3n) is 5.71. The second kappa shape index (κ2) is 9.25. The number of guanidine groups is 1. The molecule has 1 aromatic carbocycles. The predicted octanol–water partition coefficient (Wildman–Crippen LogP) is 2.91. The van der Waals surface area contributed by atoms with Crippen LogP contribution in [0.5, 0.6) is 0 Å². The number of aliphatic imine (C=N–C) groups is 1. The Balaban J connectivity index is 1.55. The Morgan fingerprint density at radius 2 is 1.97 bits per heavy atom. The quantitative estimate of drug-likeness (QED) is 0.801. The molecule has 1 saturated heterocycles. The van der Waals surface area contributed by atoms with Crippen LogP contribution in [-0.2, 0) is 17.8 Å². The smallest absolute Gasteiger partial charge is 0.410 e. The van der Waals surface area contributed by atoms with Gasteiger partial charge in [0.1, 0.15) is 5.60 Å². The summed E-state index contributed by atoms with van der Waals surface area (Å²) in [5, 5.41) is 3.54. The summed E-state index contributed by atoms with van der Waals surface area (Å²) in [6, 6.07) is 9.31. The van der Waals surface area contributed by atoms with Crippen LogP contribution < -0.4 is 5.32 Å². The van der Waals surface area contributed by atoms with E-state index < -0.39 is 5.60 Å². The molecule has 7 nitrogen and oxygen atoms in total. The minimum Gasteiger partial charge on any atom is -0.444 e. The van der Waals surface area contributed by atoms with Crippen LogP contribution in [0, 0.1) is 0 Å². The first-order valence-corrected chi connectivity index (χ1v) is 10.9. The van der Waals surface area contributed by atoms with Crippen LogP contribution in [0.3, 0.4) is 0 Å². The predicted molar refractivity (Wildman–Crippen MR) is 120 cm³/mol. The number of carbonyl (C=O) groups excluding carboxylic acids is 1. The summed E-state index contributed by atoms with van der Waals surface area (Å²) in [6.07, 6.45) is -0.230. The molecule has 1 fully saturated rings. The number of nitrogens with zero attached hydrogens (tertiary/aromatic N) is 4. The number of carbonyl (C=O) groups is 1. The highest BCUT2D eigenvalue weighted by Crippen LogP contribution is 2.19. The molecule has 0 aliphatic carbocycles. The first-order chi connectivity index (χ1) is 14.1. The molecule has 0 bridgehead atoms. The molecular weight excluding hydrogens is 378 g/mol. The van der Waals surface area contributed by atoms with E-state index in [1.165, 1.54) is 11.1 Å². The number of amides is 1. The second-order valence-corrected chi connectivity index (χ2v) is 9.57. The van der Waals surface area contributed by atoms with Gasteiger partial charge in [0.15, 0.2) is 5.96 Å². The summed E-state index contributed by atoms with van der Waals surface area (Å²) in [7, 11) is 2.16. The van der Waals surface area contributed by atoms with Gasteiger partial charge in [0.25, 0.3) is 0 Å². The van der Waals surface area contributed by atoms with Gasteiger partial charge in [0.2, 0.25) is 0 Å². The lowest BCUT2D eigenvalue weighted by Gasteiger charge is -2.39. The van der Waals surface area contributed by atoms with Crippen LogP contribution >= 0.6 is 0 Å². The average Bonchev–Trinajstić information content (AvgIpc) is 3.08. The molecule has 30 heavy (non-hydrogen) atoms. The average molecular weight is 416 g/mol. The largest absolute Gasteiger partial charge is 0.444 e. The van der Waals surface area contributed by atoms with Crippen molar-refractivity contribution in [2.24, 2.45) is 4.99 Å². The summed E-state index contributed by atoms with van der Waals surface area (Å²) in [5.41, 5.74) is 2.17. The van der Waals surface area contributed by atoms with E-state index in [4.69, 9.17) is 9.73 Å². The summed E-state index contributed by atoms with van der Waals surface area (Å²) in [6.45, 7) is 14.6. The van der Waals surface area contributed by atoms with Crippen molar-refractivity contribution in [2.45, 2.75) is 65.4 Å². The number of rotatable bonds is 5. The van der Waals surface area contributed by atoms with Gasteiger partial charge in [0, 0.05) is 38.8 Å². The van der Waals surface area contributed by atoms with Crippen molar-refractivity contribution in [3.63, 3.8) is 0 Å². The van der Waals surface area contributed by atoms with Crippen molar-refractivity contribution in [2.75, 3.05) is 33.2 Å². The molecule has 2 heterocycles. The normalized spacial score (nSPS) is 19.2. The number of hydrogen-bond donors (Lipinski definition) is 1. The van der Waals surface area contributed by atoms with E-state index in [9.17, 15) is 4.79 Å². The minimum absolute atomic E-state index is 0.219. The van der Waals surface area contributed by atoms with Crippen molar-refractivity contribution in [3.8, 4) is 0 Å². The van der Waals surface area contributed by atoms with E-state index in [-0.39, 0.29) is 12.1 Å². The molecule has 2 aliphatic rings. The molecule has 2 aliphatic heterocycles. The monoisotopic (exact) mass is 415 g/mol. The molecule has 1 N–H and O–H groups in total. The molecule has 0 saturated carbocycles. The summed E-state index contributed by atoms with van der Waals surface area (Å²) >= 11 is 0. The lowest BCUT2D eigenvalue weighted by Crippen LogP contribution is -2.57. The molecule has 166 valence electrons. The highest BCUT2D eigenvalue weighted by molar-refractivity contribution is 5.82. The van der Waals surface area contributed by atoms with Crippen LogP contribution in [0.1, 0.15) is 45.7 Å². The Bertz CT molecular complexity index is 771. The Morgan fingerprint density at radius 1 is 1.27 bits per heavy atom. The van der Waals surface area contributed by atoms with Crippen LogP contribution in [-0.4, -0.2) is 77.7 Å². The van der Waals surface area contributed by atoms with E-state index in [1.807, 2.05) is 25.7 Å². The second-order valence-electron chi connectivity index (χ2n) is 9.57. The Morgan fingerprint density at radius 3 is 2.63 bits per heavy atom. The van der Waals surface area contributed by atoms with Crippen molar-refractivity contribution in [1.29, 1.82) is 0 Å². The van der Waals surface area contributed by atoms with Crippen molar-refractivity contribution in [3.05, 3.63) is 35.4 Å². The zero-order chi connectivity index (χ0) is 21.9. The molecular formula is C23H37N5O2. The lowest BCUT2D eigenvalue weighted by molar-refractivity contribution is 0.0137. The maximum atomic E-state index is 12.4. The Hall–Kier alpha value is -2.28. The molecule has 1 unspecified atom stereocenters. The lowest BCUT2D eigenvalue weighted by atomic mass is 10.1. The number of piperazine rings is 1. The molecule has 0 spiro atoms. The molecule has 1 aromatic rings. The number of fused-ring (bicyclic) bond motifs is 1. The van der Waals surface area contributed by atoms with Gasteiger partial charge in [-0.05, 0) is 52.8 Å². The highest BCUT2D eigenvalue weighted by atomic mass is 16.6. The first-order valence-electron chi connectivity index (χ1n) is 10.9. The van der Waals surface area contributed by atoms with Crippen LogP contribution in [0.15, 0.2) is 29.3 Å². The SMILES string of the molecule is CC(C)N(C)Cc1ccccc1CNC1=NCC2CN(C(=O)OC(C)(C)C)CCN12. The zero-order valence-corrected chi connectivity index (χ0v) is 19.3. The van der Waals surface area contributed by atoms with Gasteiger partial charge in [-0.25, -0.2) is 4.79 Å². The van der Waals surface area contributed by atoms with E-state index in [1.54, 1.807) is 0 Å². The molecule has 1 atom stereocenters. The van der Waals surface area contributed by atoms with Gasteiger partial charge in [-0.3, -0.25) is 9.89 Å². The third-order valence-corrected chi connectivity index (χ3v) is 5.71. The van der Waals surface area contributed by atoms with E-state index in [0.717, 1.165) is 25.6 Å². The fourth-order valence-electron chi connectivity index (χ4n) is 3.73. The molecule has 0 aromatic heterocycles. The molecule has 0 radical (unpaired) electrons. The van der Waals surface area contributed by atoms with Crippen LogP contribution in [0.25, 0.3) is 0 Å². The fourth-order valence-corrected chi connectivity index (χ4v) is 3.73. The van der Waals surface area contributed by atoms with Gasteiger partial charge >= 0.3 is 6.09 Å². The van der Waals surface area contributed by atoms with Crippen molar-refractivity contribution >= 4 is 12.1 Å². The number of ether oxygens (including phenoxy) is 1. The number of hydrogen-bond acceptors (Lipinski definition) is 6. The van der Waals surface area contributed by atoms with E-state index in [0.29, 0.717) is 25.7 Å². The highest BCUT2D eigenvalue weighted by Gasteiger charge is 2.36. The van der Waals surface area contributed by atoms with Gasteiger partial charge in [-0.15, -0.1) is 0 Å². The van der Waals surface area contributed by atoms with E-state index in [2.05, 4.69) is 60.3 Å². The maximum Gasteiger partial charge on any atom is 0.410 e. The molecule has 1 amide bonds. The van der Waals surface area contributed by atoms with Crippen LogP contribution in [0.2, 0.25) is 0 Å². The Labute approximate surface area is 181 Å². The van der Waals surface area contributed by atoms with Crippen molar-refractivity contribution < 1.29 is 9.53 Å². The number of nitrogens with one attached hydrogen (secondary N) is 1. The van der Waals surface area contributed by atoms with Crippen LogP contribution in [0.4, 0.5) is 4.79 Å². The third kappa shape index (κ3) is 5.65. The van der Waals surface area contributed by atoms with Gasteiger partial charge in [-0.1, -0.05) is 24.3 Å². The summed E-state index contributed by atoms with van der Waals surface area (Å²) in [5.74, 6) is 0.941. The standard InChI is InChI=1S/C23H37N5O2/c1-17(2)26(6)15-19-10-8-7-9-18(19)13-24-21-25-14-20-16-27(11-12-28(20)21)22(29)30-23(3,4)5/h7-10,17,20H,11-16H2,1-6H3,(H,24,25). The van der Waals surface area contributed by atoms with Gasteiger partial charge in [0.05, 0.1) is 12.6 Å². The molecule has 7 heteroatoms. The topological polar surface area (TPSA) is 60.4 Å². The van der Waals surface area contributed by atoms with E-state index >= 15 is 0 Å². The summed E-state index contributed by atoms with van der Waals surface area (Å²) < 4.78 is 5.53. The fraction of sp³-hybridized carbons (Fsp3) is 0.652. The first kappa shape index (κ1) is 22.4. The zero-order valence-electron chi connectivity index (χ0n) is 19.3.